The number of benzene rings is 1. The minimum Gasteiger partial charge on any atom is -0.479 e. The Morgan fingerprint density at radius 1 is 1.39 bits per heavy atom. The standard InChI is InChI=1S/C12H16Cl2N2O2/c1-6(15)3-8-4-9(13)5-10(14)11(8)18-7(2)12(16)17/h4-7H,3,15H2,1-2H3,(H2,16,17). The molecule has 18 heavy (non-hydrogen) atoms. The zero-order chi connectivity index (χ0) is 13.9. The molecule has 0 spiro atoms. The highest BCUT2D eigenvalue weighted by molar-refractivity contribution is 6.35. The largest absolute Gasteiger partial charge is 0.479 e. The summed E-state index contributed by atoms with van der Waals surface area (Å²) in [6.07, 6.45) is -0.225. The van der Waals surface area contributed by atoms with Crippen molar-refractivity contribution in [2.24, 2.45) is 11.5 Å². The van der Waals surface area contributed by atoms with Gasteiger partial charge in [0.1, 0.15) is 5.75 Å². The van der Waals surface area contributed by atoms with E-state index in [-0.39, 0.29) is 6.04 Å². The minimum atomic E-state index is -0.768. The predicted octanol–water partition coefficient (Wildman–Crippen LogP) is 2.14. The molecule has 0 aromatic heterocycles. The Labute approximate surface area is 116 Å². The molecule has 1 amide bonds. The Balaban J connectivity index is 3.10. The number of nitrogens with two attached hydrogens (primary N) is 2. The highest BCUT2D eigenvalue weighted by Gasteiger charge is 2.17. The van der Waals surface area contributed by atoms with Crippen LogP contribution in [-0.4, -0.2) is 18.1 Å². The summed E-state index contributed by atoms with van der Waals surface area (Å²) >= 11 is 12.0. The summed E-state index contributed by atoms with van der Waals surface area (Å²) in [6, 6.07) is 3.20. The Kier molecular flexibility index (Phi) is 5.26. The van der Waals surface area contributed by atoms with Crippen LogP contribution in [0.15, 0.2) is 12.1 Å². The van der Waals surface area contributed by atoms with E-state index in [1.54, 1.807) is 19.1 Å². The Morgan fingerprint density at radius 3 is 2.50 bits per heavy atom. The van der Waals surface area contributed by atoms with Crippen molar-refractivity contribution in [1.82, 2.24) is 0 Å². The van der Waals surface area contributed by atoms with E-state index in [1.807, 2.05) is 6.92 Å². The second-order valence-corrected chi connectivity index (χ2v) is 5.06. The fourth-order valence-corrected chi connectivity index (χ4v) is 2.06. The predicted molar refractivity (Wildman–Crippen MR) is 73.1 cm³/mol. The van der Waals surface area contributed by atoms with E-state index in [9.17, 15) is 4.79 Å². The Morgan fingerprint density at radius 2 is 2.00 bits per heavy atom. The first kappa shape index (κ1) is 15.1. The van der Waals surface area contributed by atoms with Crippen LogP contribution in [0.5, 0.6) is 5.75 Å². The lowest BCUT2D eigenvalue weighted by Gasteiger charge is -2.18. The summed E-state index contributed by atoms with van der Waals surface area (Å²) in [6.45, 7) is 3.42. The molecule has 100 valence electrons. The van der Waals surface area contributed by atoms with E-state index in [4.69, 9.17) is 39.4 Å². The third-order valence-corrected chi connectivity index (χ3v) is 2.82. The van der Waals surface area contributed by atoms with Gasteiger partial charge in [0.2, 0.25) is 0 Å². The molecule has 2 atom stereocenters. The van der Waals surface area contributed by atoms with Crippen molar-refractivity contribution in [3.8, 4) is 5.75 Å². The second kappa shape index (κ2) is 6.27. The third kappa shape index (κ3) is 4.05. The number of halogens is 2. The minimum absolute atomic E-state index is 0.0780. The monoisotopic (exact) mass is 290 g/mol. The van der Waals surface area contributed by atoms with Crippen molar-refractivity contribution < 1.29 is 9.53 Å². The van der Waals surface area contributed by atoms with Crippen LogP contribution < -0.4 is 16.2 Å². The zero-order valence-corrected chi connectivity index (χ0v) is 11.8. The second-order valence-electron chi connectivity index (χ2n) is 4.22. The lowest BCUT2D eigenvalue weighted by molar-refractivity contribution is -0.123. The van der Waals surface area contributed by atoms with Gasteiger partial charge in [-0.05, 0) is 38.0 Å². The van der Waals surface area contributed by atoms with Crippen molar-refractivity contribution >= 4 is 29.1 Å². The number of amides is 1. The molecule has 1 aromatic carbocycles. The Bertz CT molecular complexity index is 450. The van der Waals surface area contributed by atoms with Crippen LogP contribution in [0.25, 0.3) is 0 Å². The summed E-state index contributed by atoms with van der Waals surface area (Å²) in [5, 5.41) is 0.834. The lowest BCUT2D eigenvalue weighted by Crippen LogP contribution is -2.31. The third-order valence-electron chi connectivity index (χ3n) is 2.32. The topological polar surface area (TPSA) is 78.3 Å². The SMILES string of the molecule is CC(N)Cc1cc(Cl)cc(Cl)c1OC(C)C(N)=O. The quantitative estimate of drug-likeness (QED) is 0.872. The van der Waals surface area contributed by atoms with E-state index in [2.05, 4.69) is 0 Å². The first-order valence-electron chi connectivity index (χ1n) is 5.50. The summed E-state index contributed by atoms with van der Waals surface area (Å²) < 4.78 is 5.47. The molecule has 0 radical (unpaired) electrons. The van der Waals surface area contributed by atoms with Gasteiger partial charge in [0, 0.05) is 11.1 Å². The van der Waals surface area contributed by atoms with Crippen molar-refractivity contribution in [2.45, 2.75) is 32.4 Å². The molecule has 0 aliphatic carbocycles. The van der Waals surface area contributed by atoms with Crippen LogP contribution >= 0.6 is 23.2 Å². The smallest absolute Gasteiger partial charge is 0.258 e. The summed E-state index contributed by atoms with van der Waals surface area (Å²) in [5.74, 6) is -0.155. The first-order valence-corrected chi connectivity index (χ1v) is 6.26. The van der Waals surface area contributed by atoms with Gasteiger partial charge in [-0.3, -0.25) is 4.79 Å². The van der Waals surface area contributed by atoms with Gasteiger partial charge in [-0.25, -0.2) is 0 Å². The number of hydrogen-bond acceptors (Lipinski definition) is 3. The number of carbonyl (C=O) groups is 1. The molecule has 0 aliphatic rings. The normalized spacial score (nSPS) is 14.1. The molecule has 0 saturated heterocycles. The van der Waals surface area contributed by atoms with Crippen LogP contribution in [0, 0.1) is 0 Å². The molecule has 1 rings (SSSR count). The van der Waals surface area contributed by atoms with Crippen molar-refractivity contribution in [3.63, 3.8) is 0 Å². The highest BCUT2D eigenvalue weighted by Crippen LogP contribution is 2.33. The highest BCUT2D eigenvalue weighted by atomic mass is 35.5. The van der Waals surface area contributed by atoms with Crippen LogP contribution in [0.4, 0.5) is 0 Å². The van der Waals surface area contributed by atoms with Gasteiger partial charge in [-0.2, -0.15) is 0 Å². The van der Waals surface area contributed by atoms with Gasteiger partial charge in [-0.15, -0.1) is 0 Å². The van der Waals surface area contributed by atoms with E-state index >= 15 is 0 Å². The average Bonchev–Trinajstić information content (AvgIpc) is 2.21. The number of ether oxygens (including phenoxy) is 1. The molecule has 2 unspecified atom stereocenters. The maximum atomic E-state index is 11.0. The molecular formula is C12H16Cl2N2O2. The number of rotatable bonds is 5. The molecule has 0 bridgehead atoms. The van der Waals surface area contributed by atoms with Crippen LogP contribution in [-0.2, 0) is 11.2 Å². The van der Waals surface area contributed by atoms with Gasteiger partial charge in [0.15, 0.2) is 6.10 Å². The lowest BCUT2D eigenvalue weighted by atomic mass is 10.1. The molecular weight excluding hydrogens is 275 g/mol. The first-order chi connectivity index (χ1) is 8.31. The molecule has 0 saturated carbocycles. The van der Waals surface area contributed by atoms with Crippen molar-refractivity contribution in [3.05, 3.63) is 27.7 Å². The maximum Gasteiger partial charge on any atom is 0.258 e. The summed E-state index contributed by atoms with van der Waals surface area (Å²) in [7, 11) is 0. The van der Waals surface area contributed by atoms with Crippen LogP contribution in [0.2, 0.25) is 10.0 Å². The van der Waals surface area contributed by atoms with Crippen LogP contribution in [0.3, 0.4) is 0 Å². The fourth-order valence-electron chi connectivity index (χ4n) is 1.48. The molecule has 0 heterocycles. The summed E-state index contributed by atoms with van der Waals surface area (Å²) in [5.41, 5.74) is 11.7. The molecule has 6 heteroatoms. The molecule has 4 N–H and O–H groups in total. The number of carbonyl (C=O) groups excluding carboxylic acids is 1. The number of hydrogen-bond donors (Lipinski definition) is 2. The van der Waals surface area contributed by atoms with E-state index in [0.717, 1.165) is 5.56 Å². The van der Waals surface area contributed by atoms with Gasteiger partial charge < -0.3 is 16.2 Å². The fraction of sp³-hybridized carbons (Fsp3) is 0.417. The van der Waals surface area contributed by atoms with Gasteiger partial charge >= 0.3 is 0 Å². The molecule has 1 aromatic rings. The maximum absolute atomic E-state index is 11.0. The van der Waals surface area contributed by atoms with Crippen LogP contribution in [0.1, 0.15) is 19.4 Å². The molecule has 0 aliphatic heterocycles. The van der Waals surface area contributed by atoms with Crippen molar-refractivity contribution in [2.75, 3.05) is 0 Å². The van der Waals surface area contributed by atoms with Gasteiger partial charge in [0.25, 0.3) is 5.91 Å². The van der Waals surface area contributed by atoms with E-state index in [0.29, 0.717) is 22.2 Å². The van der Waals surface area contributed by atoms with E-state index < -0.39 is 12.0 Å². The average molecular weight is 291 g/mol. The van der Waals surface area contributed by atoms with Gasteiger partial charge in [-0.1, -0.05) is 23.2 Å². The summed E-state index contributed by atoms with van der Waals surface area (Å²) in [4.78, 5) is 11.0. The Hall–Kier alpha value is -0.970. The zero-order valence-electron chi connectivity index (χ0n) is 10.2. The molecule has 4 nitrogen and oxygen atoms in total. The van der Waals surface area contributed by atoms with Gasteiger partial charge in [0.05, 0.1) is 5.02 Å². The molecule has 0 fully saturated rings. The van der Waals surface area contributed by atoms with Crippen molar-refractivity contribution in [1.29, 1.82) is 0 Å². The number of primary amides is 1. The van der Waals surface area contributed by atoms with E-state index in [1.165, 1.54) is 0 Å².